The minimum absolute atomic E-state index is 0.0502. The van der Waals surface area contributed by atoms with Crippen LogP contribution in [0.25, 0.3) is 0 Å². The topological polar surface area (TPSA) is 307 Å². The quantitative estimate of drug-likeness (QED) is 0.0684. The lowest BCUT2D eigenvalue weighted by Crippen LogP contribution is -2.74. The Morgan fingerprint density at radius 2 is 0.815 bits per heavy atom. The molecule has 6 bridgehead atoms. The van der Waals surface area contributed by atoms with Crippen LogP contribution in [0.5, 0.6) is 0 Å². The number of hydrogen-bond acceptors (Lipinski definition) is 26. The van der Waals surface area contributed by atoms with E-state index in [9.17, 15) is 33.6 Å². The van der Waals surface area contributed by atoms with Gasteiger partial charge >= 0.3 is 41.9 Å². The maximum atomic E-state index is 13.7. The lowest BCUT2D eigenvalue weighted by molar-refractivity contribution is -0.586. The number of alkyl carbamates (subject to hydrolysis) is 1. The third-order valence-electron chi connectivity index (χ3n) is 23.6. The molecule has 0 radical (unpaired) electrons. The Morgan fingerprint density at radius 3 is 1.27 bits per heavy atom. The van der Waals surface area contributed by atoms with E-state index in [4.69, 9.17) is 90.9 Å². The fourth-order valence-electron chi connectivity index (χ4n) is 18.0. The van der Waals surface area contributed by atoms with E-state index >= 15 is 0 Å². The van der Waals surface area contributed by atoms with Crippen molar-refractivity contribution in [1.29, 1.82) is 0 Å². The average Bonchev–Trinajstić information content (AvgIpc) is 1.27. The van der Waals surface area contributed by atoms with E-state index in [2.05, 4.69) is 33.0 Å². The van der Waals surface area contributed by atoms with Gasteiger partial charge in [0.25, 0.3) is 0 Å². The Kier molecular flexibility index (Phi) is 18.8. The molecular formula is C65H95NO26. The van der Waals surface area contributed by atoms with Crippen LogP contribution in [0.15, 0.2) is 0 Å². The highest BCUT2D eigenvalue weighted by atomic mass is 17.3. The molecule has 0 unspecified atom stereocenters. The highest BCUT2D eigenvalue weighted by Crippen LogP contribution is 2.67. The Balaban J connectivity index is 0.689. The van der Waals surface area contributed by atoms with Crippen LogP contribution in [0, 0.1) is 70.5 Å². The summed E-state index contributed by atoms with van der Waals surface area (Å²) in [7, 11) is 0. The maximum Gasteiger partial charge on any atom is 0.407 e. The predicted octanol–water partition coefficient (Wildman–Crippen LogP) is 8.09. The molecule has 3 saturated carbocycles. The molecular weight excluding hydrogens is 1210 g/mol. The first-order valence-corrected chi connectivity index (χ1v) is 33.7. The molecule has 12 saturated heterocycles. The summed E-state index contributed by atoms with van der Waals surface area (Å²) in [5.41, 5.74) is -5.41. The van der Waals surface area contributed by atoms with Gasteiger partial charge in [0.2, 0.25) is 36.2 Å². The van der Waals surface area contributed by atoms with Gasteiger partial charge < -0.3 is 66.9 Å². The number of ether oxygens (including phenoxy) is 13. The molecule has 24 atom stereocenters. The van der Waals surface area contributed by atoms with Gasteiger partial charge in [0.1, 0.15) is 25.4 Å². The minimum Gasteiger partial charge on any atom is -0.463 e. The Bertz CT molecular complexity index is 2700. The summed E-state index contributed by atoms with van der Waals surface area (Å²) in [5, 5.41) is 2.55. The van der Waals surface area contributed by atoms with Gasteiger partial charge in [-0.3, -0.25) is 28.8 Å². The van der Waals surface area contributed by atoms with Crippen molar-refractivity contribution in [2.75, 3.05) is 26.4 Å². The number of fused-ring (bicyclic) bond motifs is 6. The third-order valence-corrected chi connectivity index (χ3v) is 23.6. The molecule has 516 valence electrons. The molecule has 0 aromatic rings. The number of esters is 6. The number of hydrogen-bond donors (Lipinski definition) is 1. The van der Waals surface area contributed by atoms with E-state index in [1.54, 1.807) is 20.8 Å². The van der Waals surface area contributed by atoms with Crippen molar-refractivity contribution in [3.63, 3.8) is 0 Å². The van der Waals surface area contributed by atoms with Crippen LogP contribution in [0.2, 0.25) is 0 Å². The summed E-state index contributed by atoms with van der Waals surface area (Å²) in [4.78, 5) is 132. The fourth-order valence-corrected chi connectivity index (χ4v) is 18.0. The second kappa shape index (κ2) is 25.6. The highest BCUT2D eigenvalue weighted by Gasteiger charge is 2.76. The first kappa shape index (κ1) is 67.6. The van der Waals surface area contributed by atoms with Crippen LogP contribution in [-0.2, 0) is 120 Å². The van der Waals surface area contributed by atoms with Gasteiger partial charge in [-0.15, -0.1) is 0 Å². The molecule has 1 N–H and O–H groups in total. The zero-order valence-electron chi connectivity index (χ0n) is 55.0. The van der Waals surface area contributed by atoms with Gasteiger partial charge in [-0.1, -0.05) is 48.5 Å². The van der Waals surface area contributed by atoms with Crippen molar-refractivity contribution in [3.05, 3.63) is 0 Å². The monoisotopic (exact) mass is 1310 g/mol. The van der Waals surface area contributed by atoms with Gasteiger partial charge in [0, 0.05) is 54.3 Å². The van der Waals surface area contributed by atoms with Crippen LogP contribution in [0.3, 0.4) is 0 Å². The van der Waals surface area contributed by atoms with Crippen molar-refractivity contribution in [2.45, 2.75) is 269 Å². The van der Waals surface area contributed by atoms with Crippen LogP contribution in [0.1, 0.15) is 192 Å². The molecule has 3 aliphatic carbocycles. The minimum atomic E-state index is -2.06. The molecule has 12 aliphatic heterocycles. The standard InChI is InChI=1S/C65H95NO26/c1-12-74-57(73)66-62(31-75-45(67)17-20-48(70)78-51-37(5)43-15-13-34(2)40-24-28-59(9)84-54(81-51)63(40,43)90-87-59,32-76-46(68)18-21-49(71)79-52-38(6)44-16-14-35(3)41-25-29-60(10)85-55(82-52)64(41,44)91-88-60)33-77-47(69)19-22-50(72)80-53-39(7)58(8)27-23-36(4)42-26-30-61(11)86-56(83-53)65(42,58)92-89-61/h34-44,51-56H,12-33H2,1-11H3,(H,66,73)/t34-,35-,36-,37-,38-,39+,40+,41+,42+,43+,44+,51-,52-,53-,54-,55-,56-,58+,59+,60+,61+,63-,64-,65+/m1/s1. The first-order chi connectivity index (χ1) is 43.6. The summed E-state index contributed by atoms with van der Waals surface area (Å²) in [5.74, 6) is -8.59. The van der Waals surface area contributed by atoms with Crippen molar-refractivity contribution in [1.82, 2.24) is 5.32 Å². The Morgan fingerprint density at radius 1 is 0.424 bits per heavy atom. The molecule has 27 heteroatoms. The first-order valence-electron chi connectivity index (χ1n) is 33.7. The van der Waals surface area contributed by atoms with E-state index in [1.807, 2.05) is 20.8 Å². The summed E-state index contributed by atoms with van der Waals surface area (Å²) in [6.45, 7) is 18.8. The maximum absolute atomic E-state index is 13.7. The van der Waals surface area contributed by atoms with Crippen LogP contribution in [-0.4, -0.2) is 146 Å². The van der Waals surface area contributed by atoms with Crippen molar-refractivity contribution in [3.8, 4) is 0 Å². The zero-order chi connectivity index (χ0) is 65.6. The lowest BCUT2D eigenvalue weighted by atomic mass is 9.50. The van der Waals surface area contributed by atoms with E-state index in [-0.39, 0.29) is 54.0 Å². The van der Waals surface area contributed by atoms with Crippen molar-refractivity contribution in [2.24, 2.45) is 70.5 Å². The smallest absolute Gasteiger partial charge is 0.407 e. The largest absolute Gasteiger partial charge is 0.463 e. The molecule has 92 heavy (non-hydrogen) atoms. The number of rotatable bonds is 20. The third kappa shape index (κ3) is 12.0. The van der Waals surface area contributed by atoms with Crippen molar-refractivity contribution < 1.29 is 124 Å². The summed E-state index contributed by atoms with van der Waals surface area (Å²) < 4.78 is 78.6. The van der Waals surface area contributed by atoms with E-state index in [0.717, 1.165) is 57.8 Å². The number of carbonyl (C=O) groups is 7. The average molecular weight is 1310 g/mol. The number of carbonyl (C=O) groups excluding carboxylic acids is 7. The van der Waals surface area contributed by atoms with E-state index in [0.29, 0.717) is 31.1 Å². The zero-order valence-corrected chi connectivity index (χ0v) is 55.0. The Labute approximate surface area is 536 Å². The number of nitrogens with one attached hydrogen (secondary N) is 1. The second-order valence-corrected chi connectivity index (χ2v) is 29.5. The normalized spacial score (nSPS) is 45.2. The van der Waals surface area contributed by atoms with E-state index < -0.39 is 189 Å². The lowest BCUT2D eigenvalue weighted by Gasteiger charge is -2.65. The molecule has 1 amide bonds. The van der Waals surface area contributed by atoms with E-state index in [1.165, 1.54) is 6.92 Å². The summed E-state index contributed by atoms with van der Waals surface area (Å²) in [6, 6.07) is 0. The number of amides is 1. The van der Waals surface area contributed by atoms with Gasteiger partial charge in [-0.05, 0) is 121 Å². The van der Waals surface area contributed by atoms with Gasteiger partial charge in [0.15, 0.2) is 35.7 Å². The molecule has 27 nitrogen and oxygen atoms in total. The van der Waals surface area contributed by atoms with Gasteiger partial charge in [-0.25, -0.2) is 34.1 Å². The predicted molar refractivity (Wildman–Crippen MR) is 307 cm³/mol. The van der Waals surface area contributed by atoms with Crippen LogP contribution < -0.4 is 5.32 Å². The summed E-state index contributed by atoms with van der Waals surface area (Å²) >= 11 is 0. The van der Waals surface area contributed by atoms with Crippen LogP contribution in [0.4, 0.5) is 4.79 Å². The fraction of sp³-hybridized carbons (Fsp3) is 0.892. The molecule has 0 aromatic carbocycles. The molecule has 15 fully saturated rings. The highest BCUT2D eigenvalue weighted by molar-refractivity contribution is 5.79. The van der Waals surface area contributed by atoms with Gasteiger partial charge in [-0.2, -0.15) is 0 Å². The van der Waals surface area contributed by atoms with Crippen molar-refractivity contribution >= 4 is 41.9 Å². The molecule has 12 heterocycles. The molecule has 3 spiro atoms. The molecule has 0 aromatic heterocycles. The van der Waals surface area contributed by atoms with Gasteiger partial charge in [0.05, 0.1) is 45.1 Å². The Hall–Kier alpha value is -4.39. The molecule has 15 aliphatic rings. The second-order valence-electron chi connectivity index (χ2n) is 29.5. The summed E-state index contributed by atoms with van der Waals surface area (Å²) in [6.07, 6.45) is -0.683. The SMILES string of the molecule is CCOC(=O)NC(COC(=O)CCC(=O)O[C@@H]1O[C@@H]2O[C@]3(C)CC[C@H]4[C@H](C)CC[C@@H]([C@H]1C)[C@@]24OO3)(COC(=O)CCC(=O)O[C@@H]1O[C@@H]2O[C@]3(C)CC[C@H]4[C@H](C)CC[C@@H]([C@H]1C)[C@@]24OO3)COC(=O)CCC(=O)O[C@@H]1O[C@@H]2O[C@]3(C)CC[C@H]4[C@H](C)CC[C@@](C)([C@H]1C)[C@@]24OO3. The molecule has 15 rings (SSSR count). The van der Waals surface area contributed by atoms with Crippen LogP contribution >= 0.6 is 0 Å².